The average molecular weight is 403 g/mol. The number of Topliss-reactive ketones (excluding diaryl/α,β-unsaturated/α-hetero) is 1. The molecule has 1 unspecified atom stereocenters. The van der Waals surface area contributed by atoms with E-state index in [-0.39, 0.29) is 22.9 Å². The number of nitrogens with one attached hydrogen (secondary N) is 1. The zero-order valence-corrected chi connectivity index (χ0v) is 16.6. The third-order valence-electron chi connectivity index (χ3n) is 5.23. The molecule has 1 aromatic carbocycles. The summed E-state index contributed by atoms with van der Waals surface area (Å²) in [5.41, 5.74) is 0.795. The molecule has 2 saturated heterocycles. The molecule has 1 atom stereocenters. The lowest BCUT2D eigenvalue weighted by Crippen LogP contribution is -2.46. The number of ketones is 1. The number of likely N-dealkylation sites (tertiary alicyclic amines) is 1. The van der Waals surface area contributed by atoms with Crippen LogP contribution in [0.15, 0.2) is 35.3 Å². The molecule has 0 saturated carbocycles. The summed E-state index contributed by atoms with van der Waals surface area (Å²) < 4.78 is 0.576. The Balaban J connectivity index is 1.31. The molecule has 1 N–H and O–H groups in total. The van der Waals surface area contributed by atoms with E-state index in [1.54, 1.807) is 4.90 Å². The number of aliphatic imine (C=N–C) groups is 1. The molecule has 0 radical (unpaired) electrons. The molecule has 6 nitrogen and oxygen atoms in total. The maximum atomic E-state index is 12.8. The molecule has 0 bridgehead atoms. The Hall–Kier alpha value is -1.77. The molecule has 0 aliphatic carbocycles. The minimum atomic E-state index is -0.191. The fourth-order valence-corrected chi connectivity index (χ4v) is 5.29. The lowest BCUT2D eigenvalue weighted by atomic mass is 9.89. The van der Waals surface area contributed by atoms with E-state index < -0.39 is 0 Å². The third-order valence-corrected chi connectivity index (χ3v) is 6.72. The number of hydrogen-bond acceptors (Lipinski definition) is 7. The van der Waals surface area contributed by atoms with Gasteiger partial charge in [-0.25, -0.2) is 4.90 Å². The van der Waals surface area contributed by atoms with E-state index in [2.05, 4.69) is 15.2 Å². The van der Waals surface area contributed by atoms with Gasteiger partial charge in [0.15, 0.2) is 10.1 Å². The number of guanidine groups is 1. The number of hydrogen-bond donors (Lipinski definition) is 1. The first-order valence-electron chi connectivity index (χ1n) is 9.28. The summed E-state index contributed by atoms with van der Waals surface area (Å²) in [4.78, 5) is 33.5. The van der Waals surface area contributed by atoms with E-state index in [1.165, 1.54) is 11.8 Å². The van der Waals surface area contributed by atoms with E-state index in [4.69, 9.17) is 12.2 Å². The number of rotatable bonds is 4. The molecule has 4 rings (SSSR count). The molecule has 1 amide bonds. The van der Waals surface area contributed by atoms with Gasteiger partial charge in [-0.1, -0.05) is 54.3 Å². The van der Waals surface area contributed by atoms with Crippen LogP contribution in [0.4, 0.5) is 0 Å². The van der Waals surface area contributed by atoms with Gasteiger partial charge in [-0.05, 0) is 25.9 Å². The Morgan fingerprint density at radius 2 is 2.00 bits per heavy atom. The van der Waals surface area contributed by atoms with Crippen LogP contribution >= 0.6 is 24.0 Å². The van der Waals surface area contributed by atoms with Crippen molar-refractivity contribution in [3.8, 4) is 0 Å². The number of thiocarbonyl (C=S) groups is 1. The second-order valence-corrected chi connectivity index (χ2v) is 8.82. The Labute approximate surface area is 168 Å². The fourth-order valence-electron chi connectivity index (χ4n) is 3.75. The summed E-state index contributed by atoms with van der Waals surface area (Å²) >= 11 is 6.83. The first kappa shape index (κ1) is 18.6. The van der Waals surface area contributed by atoms with Gasteiger partial charge in [0, 0.05) is 24.6 Å². The van der Waals surface area contributed by atoms with E-state index in [0.29, 0.717) is 23.4 Å². The molecule has 27 heavy (non-hydrogen) atoms. The number of nitrogens with zero attached hydrogens (tertiary/aromatic N) is 3. The van der Waals surface area contributed by atoms with Gasteiger partial charge in [0.2, 0.25) is 11.9 Å². The van der Waals surface area contributed by atoms with Crippen molar-refractivity contribution in [2.24, 2.45) is 10.9 Å². The predicted octanol–water partition coefficient (Wildman–Crippen LogP) is 1.77. The van der Waals surface area contributed by atoms with Crippen LogP contribution in [-0.2, 0) is 4.79 Å². The van der Waals surface area contributed by atoms with Gasteiger partial charge in [-0.3, -0.25) is 14.6 Å². The van der Waals surface area contributed by atoms with Gasteiger partial charge in [-0.15, -0.1) is 0 Å². The maximum Gasteiger partial charge on any atom is 0.249 e. The largest absolute Gasteiger partial charge is 0.354 e. The van der Waals surface area contributed by atoms with E-state index in [9.17, 15) is 9.59 Å². The molecule has 8 heteroatoms. The van der Waals surface area contributed by atoms with E-state index >= 15 is 0 Å². The number of amides is 1. The number of carbonyl (C=O) groups excluding carboxylic acids is 2. The van der Waals surface area contributed by atoms with Gasteiger partial charge in [0.25, 0.3) is 0 Å². The van der Waals surface area contributed by atoms with Crippen LogP contribution in [0.2, 0.25) is 0 Å². The Bertz CT molecular complexity index is 775. The van der Waals surface area contributed by atoms with Crippen LogP contribution in [0.25, 0.3) is 0 Å². The number of carbonyl (C=O) groups is 2. The molecule has 1 aromatic rings. The molecule has 3 aliphatic rings. The van der Waals surface area contributed by atoms with Gasteiger partial charge in [-0.2, -0.15) is 0 Å². The lowest BCUT2D eigenvalue weighted by Gasteiger charge is -2.32. The topological polar surface area (TPSA) is 65.0 Å². The summed E-state index contributed by atoms with van der Waals surface area (Å²) in [6, 6.07) is 9.51. The Morgan fingerprint density at radius 3 is 2.67 bits per heavy atom. The SMILES string of the molecule is O=C(c1ccccc1)C1CCN(CC2SC(=S)N(C3=NCCN3)C2=O)CC1. The first-order valence-corrected chi connectivity index (χ1v) is 10.6. The summed E-state index contributed by atoms with van der Waals surface area (Å²) in [5, 5.41) is 2.93. The molecular formula is C19H22N4O2S2. The molecule has 0 aromatic heterocycles. The standard InChI is InChI=1S/C19H22N4O2S2/c24-16(13-4-2-1-3-5-13)14-6-10-22(11-7-14)12-15-17(25)23(19(26)27-15)18-20-8-9-21-18/h1-5,14-15H,6-12H2,(H,20,21). The van der Waals surface area contributed by atoms with Crippen LogP contribution in [0.3, 0.4) is 0 Å². The highest BCUT2D eigenvalue weighted by Gasteiger charge is 2.41. The van der Waals surface area contributed by atoms with Crippen molar-refractivity contribution in [2.75, 3.05) is 32.7 Å². The lowest BCUT2D eigenvalue weighted by molar-refractivity contribution is -0.123. The van der Waals surface area contributed by atoms with Crippen molar-refractivity contribution in [2.45, 2.75) is 18.1 Å². The van der Waals surface area contributed by atoms with Gasteiger partial charge in [0.05, 0.1) is 6.54 Å². The third kappa shape index (κ3) is 3.93. The van der Waals surface area contributed by atoms with Gasteiger partial charge >= 0.3 is 0 Å². The molecule has 3 aliphatic heterocycles. The summed E-state index contributed by atoms with van der Waals surface area (Å²) in [6.45, 7) is 3.76. The summed E-state index contributed by atoms with van der Waals surface area (Å²) in [5.74, 6) is 0.914. The number of piperidine rings is 1. The van der Waals surface area contributed by atoms with Crippen LogP contribution in [0.1, 0.15) is 23.2 Å². The minimum absolute atomic E-state index is 0.0145. The van der Waals surface area contributed by atoms with Crippen LogP contribution in [0, 0.1) is 5.92 Å². The van der Waals surface area contributed by atoms with E-state index in [0.717, 1.165) is 38.0 Å². The van der Waals surface area contributed by atoms with Crippen molar-refractivity contribution < 1.29 is 9.59 Å². The van der Waals surface area contributed by atoms with Crippen molar-refractivity contribution in [1.82, 2.24) is 15.1 Å². The fraction of sp³-hybridized carbons (Fsp3) is 0.474. The number of benzene rings is 1. The Morgan fingerprint density at radius 1 is 1.26 bits per heavy atom. The highest BCUT2D eigenvalue weighted by atomic mass is 32.2. The second-order valence-electron chi connectivity index (χ2n) is 6.98. The maximum absolute atomic E-state index is 12.8. The average Bonchev–Trinajstić information content (AvgIpc) is 3.31. The molecule has 142 valence electrons. The highest BCUT2D eigenvalue weighted by molar-refractivity contribution is 8.24. The molecule has 0 spiro atoms. The normalized spacial score (nSPS) is 24.2. The number of thioether (sulfide) groups is 1. The first-order chi connectivity index (χ1) is 13.1. The van der Waals surface area contributed by atoms with Crippen LogP contribution < -0.4 is 5.32 Å². The van der Waals surface area contributed by atoms with E-state index in [1.807, 2.05) is 30.3 Å². The summed E-state index contributed by atoms with van der Waals surface area (Å²) in [7, 11) is 0. The van der Waals surface area contributed by atoms with Crippen molar-refractivity contribution in [3.63, 3.8) is 0 Å². The zero-order valence-electron chi connectivity index (χ0n) is 15.0. The van der Waals surface area contributed by atoms with Crippen molar-refractivity contribution in [1.29, 1.82) is 0 Å². The van der Waals surface area contributed by atoms with Crippen molar-refractivity contribution >= 4 is 46.0 Å². The molecule has 3 heterocycles. The molecule has 2 fully saturated rings. The highest BCUT2D eigenvalue weighted by Crippen LogP contribution is 2.30. The van der Waals surface area contributed by atoms with Gasteiger partial charge < -0.3 is 10.2 Å². The minimum Gasteiger partial charge on any atom is -0.354 e. The monoisotopic (exact) mass is 402 g/mol. The summed E-state index contributed by atoms with van der Waals surface area (Å²) in [6.07, 6.45) is 1.67. The van der Waals surface area contributed by atoms with Crippen LogP contribution in [-0.4, -0.2) is 69.7 Å². The zero-order chi connectivity index (χ0) is 18.8. The molecular weight excluding hydrogens is 380 g/mol. The van der Waals surface area contributed by atoms with Crippen molar-refractivity contribution in [3.05, 3.63) is 35.9 Å². The van der Waals surface area contributed by atoms with Gasteiger partial charge in [0.1, 0.15) is 5.25 Å². The Kier molecular flexibility index (Phi) is 5.56. The second kappa shape index (κ2) is 8.08. The van der Waals surface area contributed by atoms with Crippen LogP contribution in [0.5, 0.6) is 0 Å². The quantitative estimate of drug-likeness (QED) is 0.612. The smallest absolute Gasteiger partial charge is 0.249 e. The predicted molar refractivity (Wildman–Crippen MR) is 111 cm³/mol.